The molecule has 1 aromatic carbocycles. The van der Waals surface area contributed by atoms with E-state index in [9.17, 15) is 19.8 Å². The summed E-state index contributed by atoms with van der Waals surface area (Å²) in [4.78, 5) is 31.3. The second-order valence-corrected chi connectivity index (χ2v) is 10.6. The molecule has 7 nitrogen and oxygen atoms in total. The van der Waals surface area contributed by atoms with E-state index >= 15 is 0 Å². The van der Waals surface area contributed by atoms with Crippen LogP contribution in [-0.2, 0) is 11.2 Å². The van der Waals surface area contributed by atoms with Crippen LogP contribution < -0.4 is 5.32 Å². The second kappa shape index (κ2) is 11.8. The molecule has 2 amide bonds. The van der Waals surface area contributed by atoms with Crippen LogP contribution in [0.15, 0.2) is 35.7 Å². The zero-order chi connectivity index (χ0) is 24.7. The summed E-state index contributed by atoms with van der Waals surface area (Å²) in [6.45, 7) is 6.14. The quantitative estimate of drug-likeness (QED) is 0.393. The lowest BCUT2D eigenvalue weighted by molar-refractivity contribution is -0.134. The van der Waals surface area contributed by atoms with E-state index in [1.807, 2.05) is 56.5 Å². The highest BCUT2D eigenvalue weighted by atomic mass is 32.1. The molecule has 3 atom stereocenters. The predicted molar refractivity (Wildman–Crippen MR) is 134 cm³/mol. The highest BCUT2D eigenvalue weighted by molar-refractivity contribution is 7.09. The molecule has 0 aliphatic heterocycles. The summed E-state index contributed by atoms with van der Waals surface area (Å²) in [5, 5.41) is 27.1. The van der Waals surface area contributed by atoms with E-state index in [1.165, 1.54) is 4.90 Å². The number of benzene rings is 1. The van der Waals surface area contributed by atoms with Crippen molar-refractivity contribution in [3.63, 3.8) is 0 Å². The molecule has 34 heavy (non-hydrogen) atoms. The van der Waals surface area contributed by atoms with Crippen molar-refractivity contribution in [3.8, 4) is 0 Å². The molecular weight excluding hydrogens is 450 g/mol. The molecule has 0 bridgehead atoms. The maximum Gasteiger partial charge on any atom is 0.407 e. The smallest absolute Gasteiger partial charge is 0.407 e. The van der Waals surface area contributed by atoms with Gasteiger partial charge in [0.15, 0.2) is 6.10 Å². The van der Waals surface area contributed by atoms with Crippen LogP contribution in [0.2, 0.25) is 0 Å². The number of amides is 2. The maximum absolute atomic E-state index is 13.0. The second-order valence-electron chi connectivity index (χ2n) is 9.62. The SMILES string of the molecule is CCCC[C@@H](C(O)C(=O)N[C@H](C)c1ccccc1)N(CC1(Cc2nc(C)cs2)CCC1)C(=O)O. The summed E-state index contributed by atoms with van der Waals surface area (Å²) in [6, 6.07) is 8.43. The number of carbonyl (C=O) groups excluding carboxylic acids is 1. The first-order valence-corrected chi connectivity index (χ1v) is 13.1. The number of aliphatic hydroxyl groups is 1. The van der Waals surface area contributed by atoms with Gasteiger partial charge in [0.2, 0.25) is 0 Å². The molecule has 2 aromatic rings. The van der Waals surface area contributed by atoms with Crippen LogP contribution in [0, 0.1) is 12.3 Å². The van der Waals surface area contributed by atoms with Gasteiger partial charge in [-0.15, -0.1) is 11.3 Å². The van der Waals surface area contributed by atoms with Crippen molar-refractivity contribution < 1.29 is 19.8 Å². The molecule has 0 radical (unpaired) electrons. The first-order valence-electron chi connectivity index (χ1n) is 12.2. The summed E-state index contributed by atoms with van der Waals surface area (Å²) in [7, 11) is 0. The van der Waals surface area contributed by atoms with Gasteiger partial charge in [0.1, 0.15) is 0 Å². The fourth-order valence-corrected chi connectivity index (χ4v) is 5.70. The molecule has 186 valence electrons. The minimum atomic E-state index is -1.44. The third-order valence-electron chi connectivity index (χ3n) is 6.90. The maximum atomic E-state index is 13.0. The van der Waals surface area contributed by atoms with E-state index in [0.717, 1.165) is 54.8 Å². The number of unbranched alkanes of at least 4 members (excludes halogenated alkanes) is 1. The van der Waals surface area contributed by atoms with E-state index in [4.69, 9.17) is 0 Å². The number of hydrogen-bond acceptors (Lipinski definition) is 5. The Morgan fingerprint density at radius 2 is 1.97 bits per heavy atom. The third-order valence-corrected chi connectivity index (χ3v) is 7.87. The van der Waals surface area contributed by atoms with E-state index in [-0.39, 0.29) is 11.5 Å². The minimum Gasteiger partial charge on any atom is -0.465 e. The van der Waals surface area contributed by atoms with Gasteiger partial charge in [-0.2, -0.15) is 0 Å². The van der Waals surface area contributed by atoms with Crippen LogP contribution >= 0.6 is 11.3 Å². The van der Waals surface area contributed by atoms with Gasteiger partial charge in [0, 0.05) is 24.0 Å². The van der Waals surface area contributed by atoms with Crippen LogP contribution in [0.1, 0.15) is 74.7 Å². The van der Waals surface area contributed by atoms with E-state index in [1.54, 1.807) is 11.3 Å². The first-order chi connectivity index (χ1) is 16.2. The average molecular weight is 488 g/mol. The van der Waals surface area contributed by atoms with E-state index < -0.39 is 24.1 Å². The summed E-state index contributed by atoms with van der Waals surface area (Å²) in [5.41, 5.74) is 1.71. The molecular formula is C26H37N3O4S. The lowest BCUT2D eigenvalue weighted by Crippen LogP contribution is -2.56. The summed E-state index contributed by atoms with van der Waals surface area (Å²) in [5.74, 6) is -0.540. The zero-order valence-corrected chi connectivity index (χ0v) is 21.2. The van der Waals surface area contributed by atoms with Gasteiger partial charge < -0.3 is 20.4 Å². The Bertz CT molecular complexity index is 945. The average Bonchev–Trinajstić information content (AvgIpc) is 3.21. The Morgan fingerprint density at radius 3 is 2.50 bits per heavy atom. The van der Waals surface area contributed by atoms with Crippen molar-refractivity contribution >= 4 is 23.3 Å². The molecule has 0 saturated heterocycles. The number of aryl methyl sites for hydroxylation is 1. The van der Waals surface area contributed by atoms with Gasteiger partial charge in [0.25, 0.3) is 5.91 Å². The largest absolute Gasteiger partial charge is 0.465 e. The third kappa shape index (κ3) is 6.57. The minimum absolute atomic E-state index is 0.194. The number of carbonyl (C=O) groups is 2. The Kier molecular flexibility index (Phi) is 9.08. The lowest BCUT2D eigenvalue weighted by Gasteiger charge is -2.46. The highest BCUT2D eigenvalue weighted by Gasteiger charge is 2.44. The molecule has 8 heteroatoms. The summed E-state index contributed by atoms with van der Waals surface area (Å²) < 4.78 is 0. The Labute approximate surface area is 206 Å². The predicted octanol–water partition coefficient (Wildman–Crippen LogP) is 4.94. The highest BCUT2D eigenvalue weighted by Crippen LogP contribution is 2.45. The van der Waals surface area contributed by atoms with Crippen LogP contribution in [0.4, 0.5) is 4.79 Å². The van der Waals surface area contributed by atoms with Gasteiger partial charge in [-0.3, -0.25) is 4.79 Å². The number of rotatable bonds is 12. The number of thiazole rings is 1. The van der Waals surface area contributed by atoms with Crippen LogP contribution in [-0.4, -0.2) is 50.8 Å². The van der Waals surface area contributed by atoms with Crippen LogP contribution in [0.25, 0.3) is 0 Å². The molecule has 1 unspecified atom stereocenters. The summed E-state index contributed by atoms with van der Waals surface area (Å²) in [6.07, 6.45) is 3.10. The lowest BCUT2D eigenvalue weighted by atomic mass is 9.66. The molecule has 1 aromatic heterocycles. The fourth-order valence-electron chi connectivity index (χ4n) is 4.76. The van der Waals surface area contributed by atoms with E-state index in [0.29, 0.717) is 13.0 Å². The number of hydrogen-bond donors (Lipinski definition) is 3. The Morgan fingerprint density at radius 1 is 1.26 bits per heavy atom. The van der Waals surface area contributed by atoms with Crippen LogP contribution in [0.5, 0.6) is 0 Å². The fraction of sp³-hybridized carbons (Fsp3) is 0.577. The normalized spacial score (nSPS) is 17.3. The molecule has 0 spiro atoms. The van der Waals surface area contributed by atoms with Gasteiger partial charge in [-0.1, -0.05) is 56.5 Å². The number of aromatic nitrogens is 1. The Balaban J connectivity index is 1.76. The number of nitrogens with one attached hydrogen (secondary N) is 1. The zero-order valence-electron chi connectivity index (χ0n) is 20.4. The van der Waals surface area contributed by atoms with Gasteiger partial charge in [-0.05, 0) is 44.1 Å². The number of nitrogens with zero attached hydrogens (tertiary/aromatic N) is 2. The van der Waals surface area contributed by atoms with Crippen LogP contribution in [0.3, 0.4) is 0 Å². The molecule has 1 aliphatic rings. The van der Waals surface area contributed by atoms with Gasteiger partial charge in [-0.25, -0.2) is 9.78 Å². The van der Waals surface area contributed by atoms with Crippen molar-refractivity contribution in [2.75, 3.05) is 6.54 Å². The van der Waals surface area contributed by atoms with E-state index in [2.05, 4.69) is 10.3 Å². The number of aliphatic hydroxyl groups excluding tert-OH is 1. The molecule has 1 saturated carbocycles. The van der Waals surface area contributed by atoms with Gasteiger partial charge >= 0.3 is 6.09 Å². The number of carboxylic acid groups (broad SMARTS) is 1. The summed E-state index contributed by atoms with van der Waals surface area (Å²) >= 11 is 1.61. The molecule has 1 aliphatic carbocycles. The first kappa shape index (κ1) is 26.2. The monoisotopic (exact) mass is 487 g/mol. The van der Waals surface area contributed by atoms with Crippen molar-refractivity contribution in [1.82, 2.24) is 15.2 Å². The van der Waals surface area contributed by atoms with Crippen molar-refractivity contribution in [2.45, 2.75) is 83.9 Å². The van der Waals surface area contributed by atoms with Crippen molar-refractivity contribution in [2.24, 2.45) is 5.41 Å². The Hall–Kier alpha value is -2.45. The molecule has 1 fully saturated rings. The molecule has 3 rings (SSSR count). The van der Waals surface area contributed by atoms with Crippen molar-refractivity contribution in [1.29, 1.82) is 0 Å². The topological polar surface area (TPSA) is 103 Å². The standard InChI is InChI=1S/C26H37N3O4S/c1-4-5-12-21(23(30)24(31)28-19(3)20-10-7-6-8-11-20)29(25(32)33)17-26(13-9-14-26)15-22-27-18(2)16-34-22/h6-8,10-11,16,19,21,23,30H,4-5,9,12-15,17H2,1-3H3,(H,28,31)(H,32,33)/t19-,21+,23?/m1/s1. The van der Waals surface area contributed by atoms with Crippen molar-refractivity contribution in [3.05, 3.63) is 52.0 Å². The van der Waals surface area contributed by atoms with Gasteiger partial charge in [0.05, 0.1) is 17.1 Å². The molecule has 1 heterocycles. The molecule has 3 N–H and O–H groups in total.